The molecule has 0 aliphatic heterocycles. The Morgan fingerprint density at radius 1 is 1.48 bits per heavy atom. The fourth-order valence-electron chi connectivity index (χ4n) is 3.20. The molecule has 1 aliphatic carbocycles. The van der Waals surface area contributed by atoms with Crippen molar-refractivity contribution in [2.45, 2.75) is 25.7 Å². The average molecular weight is 298 g/mol. The fourth-order valence-corrected chi connectivity index (χ4v) is 4.11. The molecule has 1 aliphatic rings. The fraction of sp³-hybridized carbons (Fsp3) is 0.250. The second-order valence-corrected chi connectivity index (χ2v) is 6.35. The van der Waals surface area contributed by atoms with Gasteiger partial charge in [-0.3, -0.25) is 9.20 Å². The zero-order valence-corrected chi connectivity index (χ0v) is 12.4. The molecular formula is C16H14N2O2S. The van der Waals surface area contributed by atoms with Crippen LogP contribution in [0.3, 0.4) is 0 Å². The number of carbonyl (C=O) groups is 1. The van der Waals surface area contributed by atoms with Gasteiger partial charge in [-0.05, 0) is 17.9 Å². The molecule has 0 fully saturated rings. The van der Waals surface area contributed by atoms with Gasteiger partial charge in [-0.25, -0.2) is 4.98 Å². The molecule has 0 radical (unpaired) electrons. The first-order valence-corrected chi connectivity index (χ1v) is 7.82. The van der Waals surface area contributed by atoms with Crippen molar-refractivity contribution in [3.05, 3.63) is 46.6 Å². The van der Waals surface area contributed by atoms with Gasteiger partial charge in [0, 0.05) is 16.6 Å². The van der Waals surface area contributed by atoms with Crippen LogP contribution in [0.5, 0.6) is 0 Å². The van der Waals surface area contributed by atoms with Crippen molar-refractivity contribution in [3.8, 4) is 11.3 Å². The van der Waals surface area contributed by atoms with Gasteiger partial charge in [0.15, 0.2) is 4.96 Å². The van der Waals surface area contributed by atoms with Gasteiger partial charge in [-0.15, -0.1) is 11.3 Å². The van der Waals surface area contributed by atoms with Crippen LogP contribution in [0.1, 0.15) is 29.8 Å². The quantitative estimate of drug-likeness (QED) is 0.789. The van der Waals surface area contributed by atoms with Crippen molar-refractivity contribution < 1.29 is 9.90 Å². The summed E-state index contributed by atoms with van der Waals surface area (Å²) in [6, 6.07) is 8.37. The molecule has 1 unspecified atom stereocenters. The Hall–Kier alpha value is -2.14. The molecule has 2 aromatic heterocycles. The Morgan fingerprint density at radius 3 is 3.10 bits per heavy atom. The highest BCUT2D eigenvalue weighted by molar-refractivity contribution is 7.15. The van der Waals surface area contributed by atoms with E-state index < -0.39 is 5.97 Å². The summed E-state index contributed by atoms with van der Waals surface area (Å²) >= 11 is 1.51. The van der Waals surface area contributed by atoms with E-state index >= 15 is 0 Å². The number of aliphatic carboxylic acids is 1. The van der Waals surface area contributed by atoms with Crippen LogP contribution in [-0.4, -0.2) is 20.5 Å². The predicted octanol–water partition coefficient (Wildman–Crippen LogP) is 3.35. The molecule has 2 heterocycles. The lowest BCUT2D eigenvalue weighted by molar-refractivity contribution is -0.136. The summed E-state index contributed by atoms with van der Waals surface area (Å²) in [5, 5.41) is 11.0. The van der Waals surface area contributed by atoms with Crippen LogP contribution in [0.25, 0.3) is 16.2 Å². The van der Waals surface area contributed by atoms with Gasteiger partial charge in [0.05, 0.1) is 17.8 Å². The summed E-state index contributed by atoms with van der Waals surface area (Å²) in [6.07, 6.45) is 0.940. The largest absolute Gasteiger partial charge is 0.481 e. The number of thiazole rings is 1. The van der Waals surface area contributed by atoms with Crippen LogP contribution >= 0.6 is 11.3 Å². The number of hydrogen-bond acceptors (Lipinski definition) is 3. The molecule has 21 heavy (non-hydrogen) atoms. The molecule has 0 amide bonds. The number of nitrogens with zero attached hydrogens (tertiary/aromatic N) is 2. The molecular weight excluding hydrogens is 284 g/mol. The lowest BCUT2D eigenvalue weighted by atomic mass is 9.84. The van der Waals surface area contributed by atoms with E-state index in [1.807, 2.05) is 15.8 Å². The number of rotatable bonds is 2. The highest BCUT2D eigenvalue weighted by atomic mass is 32.1. The minimum absolute atomic E-state index is 0.0405. The van der Waals surface area contributed by atoms with Crippen LogP contribution in [0.4, 0.5) is 0 Å². The average Bonchev–Trinajstić information content (AvgIpc) is 3.00. The van der Waals surface area contributed by atoms with E-state index in [9.17, 15) is 4.79 Å². The maximum atomic E-state index is 11.0. The van der Waals surface area contributed by atoms with Crippen molar-refractivity contribution in [1.82, 2.24) is 9.38 Å². The lowest BCUT2D eigenvalue weighted by Crippen LogP contribution is -2.11. The monoisotopic (exact) mass is 298 g/mol. The van der Waals surface area contributed by atoms with Crippen molar-refractivity contribution in [1.29, 1.82) is 0 Å². The van der Waals surface area contributed by atoms with E-state index in [-0.39, 0.29) is 6.42 Å². The van der Waals surface area contributed by atoms with Gasteiger partial charge in [-0.1, -0.05) is 31.2 Å². The van der Waals surface area contributed by atoms with Crippen LogP contribution < -0.4 is 0 Å². The maximum absolute atomic E-state index is 11.0. The summed E-state index contributed by atoms with van der Waals surface area (Å²) in [4.78, 5) is 16.7. The first kappa shape index (κ1) is 12.6. The number of hydrogen-bond donors (Lipinski definition) is 1. The van der Waals surface area contributed by atoms with E-state index in [1.54, 1.807) is 0 Å². The Balaban J connectivity index is 1.98. The molecule has 4 rings (SSSR count). The van der Waals surface area contributed by atoms with E-state index in [0.29, 0.717) is 5.92 Å². The summed E-state index contributed by atoms with van der Waals surface area (Å²) in [5.74, 6) is -0.382. The summed E-state index contributed by atoms with van der Waals surface area (Å²) in [5.41, 5.74) is 5.50. The van der Waals surface area contributed by atoms with Crippen LogP contribution in [0.15, 0.2) is 29.6 Å². The molecule has 1 N–H and O–H groups in total. The molecule has 1 atom stereocenters. The second-order valence-electron chi connectivity index (χ2n) is 5.52. The zero-order valence-electron chi connectivity index (χ0n) is 11.5. The Bertz CT molecular complexity index is 862. The SMILES string of the molecule is CC1Cc2c(nc3scc(CC(=O)O)n23)-c2ccccc21. The highest BCUT2D eigenvalue weighted by Crippen LogP contribution is 2.40. The molecule has 0 bridgehead atoms. The van der Waals surface area contributed by atoms with E-state index in [0.717, 1.165) is 28.5 Å². The number of carboxylic acids is 1. The van der Waals surface area contributed by atoms with Crippen molar-refractivity contribution in [2.24, 2.45) is 0 Å². The van der Waals surface area contributed by atoms with Crippen LogP contribution in [0, 0.1) is 0 Å². The Kier molecular flexibility index (Phi) is 2.65. The third kappa shape index (κ3) is 1.81. The van der Waals surface area contributed by atoms with Crippen molar-refractivity contribution in [2.75, 3.05) is 0 Å². The third-order valence-electron chi connectivity index (χ3n) is 4.11. The first-order chi connectivity index (χ1) is 10.1. The summed E-state index contributed by atoms with van der Waals surface area (Å²) in [6.45, 7) is 2.21. The van der Waals surface area contributed by atoms with Crippen LogP contribution in [0.2, 0.25) is 0 Å². The number of carboxylic acid groups (broad SMARTS) is 1. The summed E-state index contributed by atoms with van der Waals surface area (Å²) < 4.78 is 2.04. The number of fused-ring (bicyclic) bond motifs is 5. The molecule has 5 heteroatoms. The van der Waals surface area contributed by atoms with E-state index in [1.165, 1.54) is 22.5 Å². The topological polar surface area (TPSA) is 54.6 Å². The molecule has 0 spiro atoms. The minimum atomic E-state index is -0.804. The third-order valence-corrected chi connectivity index (χ3v) is 4.98. The summed E-state index contributed by atoms with van der Waals surface area (Å²) in [7, 11) is 0. The van der Waals surface area contributed by atoms with Gasteiger partial charge in [0.25, 0.3) is 0 Å². The minimum Gasteiger partial charge on any atom is -0.481 e. The number of benzene rings is 1. The highest BCUT2D eigenvalue weighted by Gasteiger charge is 2.27. The number of imidazole rings is 1. The molecule has 106 valence electrons. The predicted molar refractivity (Wildman–Crippen MR) is 82.0 cm³/mol. The van der Waals surface area contributed by atoms with E-state index in [2.05, 4.69) is 25.1 Å². The van der Waals surface area contributed by atoms with Gasteiger partial charge >= 0.3 is 5.97 Å². The first-order valence-electron chi connectivity index (χ1n) is 6.94. The van der Waals surface area contributed by atoms with Crippen molar-refractivity contribution >= 4 is 22.3 Å². The van der Waals surface area contributed by atoms with Gasteiger partial charge in [0.1, 0.15) is 0 Å². The molecule has 0 saturated heterocycles. The molecule has 3 aromatic rings. The normalized spacial score (nSPS) is 16.7. The standard InChI is InChI=1S/C16H14N2O2S/c1-9-6-13-15(12-5-3-2-4-11(9)12)17-16-18(13)10(8-21-16)7-14(19)20/h2-5,8-9H,6-7H2,1H3,(H,19,20). The maximum Gasteiger partial charge on any atom is 0.309 e. The second kappa shape index (κ2) is 4.43. The smallest absolute Gasteiger partial charge is 0.309 e. The molecule has 1 aromatic carbocycles. The Labute approximate surface area is 125 Å². The Morgan fingerprint density at radius 2 is 2.29 bits per heavy atom. The van der Waals surface area contributed by atoms with E-state index in [4.69, 9.17) is 10.1 Å². The molecule has 0 saturated carbocycles. The number of aromatic nitrogens is 2. The molecule has 4 nitrogen and oxygen atoms in total. The van der Waals surface area contributed by atoms with Gasteiger partial charge < -0.3 is 5.11 Å². The van der Waals surface area contributed by atoms with Gasteiger partial charge in [0.2, 0.25) is 0 Å². The zero-order chi connectivity index (χ0) is 14.6. The van der Waals surface area contributed by atoms with Gasteiger partial charge in [-0.2, -0.15) is 0 Å². The lowest BCUT2D eigenvalue weighted by Gasteiger charge is -2.22. The van der Waals surface area contributed by atoms with Crippen LogP contribution in [-0.2, 0) is 17.6 Å². The van der Waals surface area contributed by atoms with Crippen molar-refractivity contribution in [3.63, 3.8) is 0 Å².